The van der Waals surface area contributed by atoms with Crippen LogP contribution in [0.3, 0.4) is 0 Å². The number of rotatable bonds is 20. The molecular formula is C45H58N9O5P. The Balaban J connectivity index is 1.51. The Morgan fingerprint density at radius 2 is 1.50 bits per heavy atom. The van der Waals surface area contributed by atoms with Crippen LogP contribution in [0, 0.1) is 17.2 Å². The van der Waals surface area contributed by atoms with Gasteiger partial charge >= 0.3 is 0 Å². The lowest BCUT2D eigenvalue weighted by Crippen LogP contribution is -2.57. The third-order valence-electron chi connectivity index (χ3n) is 10.3. The molecule has 15 heteroatoms. The number of morpholine rings is 1. The van der Waals surface area contributed by atoms with Gasteiger partial charge < -0.3 is 23.8 Å². The highest BCUT2D eigenvalue weighted by Gasteiger charge is 2.47. The molecule has 0 aliphatic carbocycles. The van der Waals surface area contributed by atoms with Crippen molar-refractivity contribution in [3.63, 3.8) is 0 Å². The van der Waals surface area contributed by atoms with E-state index in [-0.39, 0.29) is 55.4 Å². The van der Waals surface area contributed by atoms with Gasteiger partial charge in [0, 0.05) is 37.6 Å². The Labute approximate surface area is 355 Å². The van der Waals surface area contributed by atoms with Crippen LogP contribution in [0.5, 0.6) is 5.88 Å². The first-order valence-electron chi connectivity index (χ1n) is 20.7. The minimum atomic E-state index is -1.55. The number of hydrogen-bond acceptors (Lipinski definition) is 12. The number of hydrogen-bond donors (Lipinski definition) is 2. The molecule has 1 aliphatic rings. The van der Waals surface area contributed by atoms with Crippen LogP contribution in [0.2, 0.25) is 0 Å². The van der Waals surface area contributed by atoms with Crippen molar-refractivity contribution in [1.82, 2.24) is 34.4 Å². The summed E-state index contributed by atoms with van der Waals surface area (Å²) < 4.78 is 30.4. The number of imidazole rings is 1. The fraction of sp³-hybridized carbons (Fsp3) is 0.444. The van der Waals surface area contributed by atoms with Gasteiger partial charge in [-0.05, 0) is 51.4 Å². The van der Waals surface area contributed by atoms with Gasteiger partial charge in [0.25, 0.3) is 8.53 Å². The lowest BCUT2D eigenvalue weighted by atomic mass is 9.75. The number of aromatic nitrogens is 4. The van der Waals surface area contributed by atoms with E-state index in [0.29, 0.717) is 37.4 Å². The van der Waals surface area contributed by atoms with Crippen LogP contribution < -0.4 is 15.4 Å². The molecule has 0 spiro atoms. The molecule has 318 valence electrons. The summed E-state index contributed by atoms with van der Waals surface area (Å²) >= 11 is 0. The molecule has 3 aromatic carbocycles. The maximum Gasteiger partial charge on any atom is 0.259 e. The van der Waals surface area contributed by atoms with Gasteiger partial charge in [-0.25, -0.2) is 9.65 Å². The number of nitrogens with one attached hydrogen (secondary N) is 2. The Hall–Kier alpha value is -4.84. The topological polar surface area (TPSA) is 152 Å². The van der Waals surface area contributed by atoms with Gasteiger partial charge in [-0.2, -0.15) is 15.2 Å². The largest absolute Gasteiger partial charge is 0.475 e. The molecule has 60 heavy (non-hydrogen) atoms. The van der Waals surface area contributed by atoms with Crippen molar-refractivity contribution in [1.29, 1.82) is 5.26 Å². The van der Waals surface area contributed by atoms with Crippen molar-refractivity contribution in [2.45, 2.75) is 77.9 Å². The van der Waals surface area contributed by atoms with Crippen LogP contribution in [0.4, 0.5) is 5.95 Å². The first-order chi connectivity index (χ1) is 29.1. The second kappa shape index (κ2) is 21.1. The van der Waals surface area contributed by atoms with E-state index in [1.165, 1.54) is 0 Å². The minimum Gasteiger partial charge on any atom is -0.475 e. The van der Waals surface area contributed by atoms with Crippen LogP contribution in [0.25, 0.3) is 11.2 Å². The molecule has 1 fully saturated rings. The van der Waals surface area contributed by atoms with Gasteiger partial charge in [0.2, 0.25) is 17.7 Å². The van der Waals surface area contributed by atoms with E-state index in [1.54, 1.807) is 6.33 Å². The summed E-state index contributed by atoms with van der Waals surface area (Å²) in [5.74, 6) is -0.138. The molecule has 0 bridgehead atoms. The van der Waals surface area contributed by atoms with Gasteiger partial charge in [-0.15, -0.1) is 0 Å². The molecule has 6 rings (SSSR count). The normalized spacial score (nSPS) is 16.8. The first-order valence-corrected chi connectivity index (χ1v) is 21.8. The van der Waals surface area contributed by atoms with Crippen LogP contribution in [-0.4, -0.2) is 99.7 Å². The number of fused-ring (bicyclic) bond motifs is 1. The average molecular weight is 836 g/mol. The molecule has 1 amide bonds. The molecule has 2 aromatic heterocycles. The summed E-state index contributed by atoms with van der Waals surface area (Å²) in [7, 11) is 0.298. The van der Waals surface area contributed by atoms with Crippen LogP contribution >= 0.6 is 8.53 Å². The Morgan fingerprint density at radius 1 is 0.900 bits per heavy atom. The number of carbonyl (C=O) groups is 1. The Kier molecular flexibility index (Phi) is 15.7. The highest BCUT2D eigenvalue weighted by Crippen LogP contribution is 2.48. The monoisotopic (exact) mass is 835 g/mol. The first kappa shape index (κ1) is 44.7. The lowest BCUT2D eigenvalue weighted by molar-refractivity contribution is -0.146. The number of amides is 1. The molecule has 1 unspecified atom stereocenters. The van der Waals surface area contributed by atoms with E-state index in [4.69, 9.17) is 28.5 Å². The minimum absolute atomic E-state index is 0.116. The van der Waals surface area contributed by atoms with Crippen molar-refractivity contribution in [2.24, 2.45) is 5.92 Å². The SMILES string of the molecule is CNCCOc1nc(NC(=O)C(C)C)nc2c1ncn2[C@H]1CN(C(c2ccccc2)(c2ccccc2)c2ccccc2)C[C@@H](COP(OCCC#N)N(C(C)C)C(C)C)O1. The lowest BCUT2D eigenvalue weighted by Gasteiger charge is -2.50. The van der Waals surface area contributed by atoms with E-state index < -0.39 is 26.4 Å². The van der Waals surface area contributed by atoms with Crippen molar-refractivity contribution in [3.05, 3.63) is 114 Å². The molecule has 2 N–H and O–H groups in total. The van der Waals surface area contributed by atoms with E-state index in [9.17, 15) is 10.1 Å². The van der Waals surface area contributed by atoms with Gasteiger partial charge in [-0.3, -0.25) is 19.6 Å². The number of ether oxygens (including phenoxy) is 2. The summed E-state index contributed by atoms with van der Waals surface area (Å²) in [6.07, 6.45) is 0.844. The van der Waals surface area contributed by atoms with Crippen LogP contribution in [-0.2, 0) is 24.1 Å². The average Bonchev–Trinajstić information content (AvgIpc) is 3.68. The van der Waals surface area contributed by atoms with Crippen LogP contribution in [0.15, 0.2) is 97.3 Å². The molecule has 0 saturated carbocycles. The number of carbonyl (C=O) groups excluding carboxylic acids is 1. The molecular weight excluding hydrogens is 778 g/mol. The van der Waals surface area contributed by atoms with Gasteiger partial charge in [0.1, 0.15) is 12.8 Å². The smallest absolute Gasteiger partial charge is 0.259 e. The Morgan fingerprint density at radius 3 is 2.03 bits per heavy atom. The van der Waals surface area contributed by atoms with E-state index in [2.05, 4.69) is 132 Å². The fourth-order valence-electron chi connectivity index (χ4n) is 7.64. The summed E-state index contributed by atoms with van der Waals surface area (Å²) in [4.78, 5) is 29.7. The zero-order chi connectivity index (χ0) is 42.6. The third-order valence-corrected chi connectivity index (χ3v) is 12.4. The van der Waals surface area contributed by atoms with Gasteiger partial charge in [0.15, 0.2) is 11.2 Å². The standard InChI is InChI=1S/C45H58N9O5P/c1-32(2)42(55)50-44-49-41-40(43(51-44)56-27-25-47-7)48-31-53(41)39-29-52(28-38(59-39)30-58-60(57-26-17-24-46)54(33(3)4)34(5)6)45(35-18-11-8-12-19-35,36-20-13-9-14-21-36)37-22-15-10-16-23-37/h8-16,18-23,31-34,38-39,47H,17,25-30H2,1-7H3,(H,49,50,51,55)/t38-,39+,60?/m0/s1. The number of anilines is 1. The Bertz CT molecular complexity index is 2050. The maximum absolute atomic E-state index is 12.9. The van der Waals surface area contributed by atoms with Crippen molar-refractivity contribution < 1.29 is 23.3 Å². The molecule has 1 saturated heterocycles. The fourth-order valence-corrected chi connectivity index (χ4v) is 9.28. The highest BCUT2D eigenvalue weighted by atomic mass is 31.2. The molecule has 1 aliphatic heterocycles. The second-order valence-corrected chi connectivity index (χ2v) is 17.0. The zero-order valence-corrected chi connectivity index (χ0v) is 36.6. The summed E-state index contributed by atoms with van der Waals surface area (Å²) in [5, 5.41) is 15.3. The van der Waals surface area contributed by atoms with E-state index in [0.717, 1.165) is 16.7 Å². The van der Waals surface area contributed by atoms with Gasteiger partial charge in [0.05, 0.1) is 43.7 Å². The predicted molar refractivity (Wildman–Crippen MR) is 234 cm³/mol. The molecule has 14 nitrogen and oxygen atoms in total. The molecule has 0 radical (unpaired) electrons. The van der Waals surface area contributed by atoms with E-state index in [1.807, 2.05) is 43.7 Å². The highest BCUT2D eigenvalue weighted by molar-refractivity contribution is 7.44. The molecule has 5 aromatic rings. The van der Waals surface area contributed by atoms with Crippen LogP contribution in [0.1, 0.15) is 70.9 Å². The van der Waals surface area contributed by atoms with E-state index >= 15 is 0 Å². The maximum atomic E-state index is 12.9. The quantitative estimate of drug-likeness (QED) is 0.0454. The third kappa shape index (κ3) is 10.2. The summed E-state index contributed by atoms with van der Waals surface area (Å²) in [6.45, 7) is 14.4. The van der Waals surface area contributed by atoms with Gasteiger partial charge in [-0.1, -0.05) is 105 Å². The number of likely N-dealkylation sites (N-methyl/N-ethyl adjacent to an activating group) is 1. The number of nitrogens with zero attached hydrogens (tertiary/aromatic N) is 7. The van der Waals surface area contributed by atoms with Crippen molar-refractivity contribution in [3.8, 4) is 11.9 Å². The molecule has 3 heterocycles. The predicted octanol–water partition coefficient (Wildman–Crippen LogP) is 7.50. The zero-order valence-electron chi connectivity index (χ0n) is 35.7. The number of nitriles is 1. The number of benzene rings is 3. The summed E-state index contributed by atoms with van der Waals surface area (Å²) in [6, 6.07) is 34.1. The summed E-state index contributed by atoms with van der Waals surface area (Å²) in [5.41, 5.74) is 3.39. The molecule has 3 atom stereocenters. The van der Waals surface area contributed by atoms with Crippen molar-refractivity contribution >= 4 is 31.5 Å². The second-order valence-electron chi connectivity index (χ2n) is 15.5. The van der Waals surface area contributed by atoms with Crippen molar-refractivity contribution in [2.75, 3.05) is 51.8 Å².